The number of sulfonamides is 1. The van der Waals surface area contributed by atoms with Gasteiger partial charge in [0.1, 0.15) is 4.90 Å². The zero-order valence-corrected chi connectivity index (χ0v) is 13.4. The average molecular weight is 355 g/mol. The van der Waals surface area contributed by atoms with Gasteiger partial charge in [0.05, 0.1) is 5.02 Å². The van der Waals surface area contributed by atoms with E-state index in [4.69, 9.17) is 11.6 Å². The lowest BCUT2D eigenvalue weighted by molar-refractivity contribution is 0.546. The molecule has 102 valence electrons. The van der Waals surface area contributed by atoms with Crippen LogP contribution in [0.4, 0.5) is 0 Å². The smallest absolute Gasteiger partial charge is 0.211 e. The molecule has 1 unspecified atom stereocenters. The molecule has 0 saturated carbocycles. The minimum absolute atomic E-state index is 0.139. The van der Waals surface area contributed by atoms with Gasteiger partial charge in [-0.25, -0.2) is 13.1 Å². The highest BCUT2D eigenvalue weighted by molar-refractivity contribution is 9.09. The van der Waals surface area contributed by atoms with E-state index in [9.17, 15) is 8.42 Å². The summed E-state index contributed by atoms with van der Waals surface area (Å²) >= 11 is 9.27. The van der Waals surface area contributed by atoms with Crippen LogP contribution >= 0.6 is 27.5 Å². The molecule has 6 heteroatoms. The number of benzene rings is 1. The quantitative estimate of drug-likeness (QED) is 0.602. The topological polar surface area (TPSA) is 46.2 Å². The molecule has 18 heavy (non-hydrogen) atoms. The summed E-state index contributed by atoms with van der Waals surface area (Å²) in [7, 11) is -3.49. The lowest BCUT2D eigenvalue weighted by Crippen LogP contribution is -2.25. The summed E-state index contributed by atoms with van der Waals surface area (Å²) in [5, 5.41) is 1.18. The third-order valence-corrected chi connectivity index (χ3v) is 5.62. The summed E-state index contributed by atoms with van der Waals surface area (Å²) in [5.41, 5.74) is 0. The minimum atomic E-state index is -3.49. The Bertz CT molecular complexity index is 479. The van der Waals surface area contributed by atoms with E-state index in [1.807, 2.05) is 0 Å². The van der Waals surface area contributed by atoms with Gasteiger partial charge in [-0.15, -0.1) is 0 Å². The largest absolute Gasteiger partial charge is 0.242 e. The van der Waals surface area contributed by atoms with Crippen molar-refractivity contribution in [2.24, 2.45) is 5.92 Å². The molecule has 0 aliphatic heterocycles. The van der Waals surface area contributed by atoms with Gasteiger partial charge in [0, 0.05) is 11.9 Å². The van der Waals surface area contributed by atoms with Crippen molar-refractivity contribution < 1.29 is 8.42 Å². The van der Waals surface area contributed by atoms with Crippen molar-refractivity contribution in [3.05, 3.63) is 29.3 Å². The molecular weight excluding hydrogens is 338 g/mol. The van der Waals surface area contributed by atoms with Gasteiger partial charge in [0.25, 0.3) is 0 Å². The fourth-order valence-corrected chi connectivity index (χ4v) is 3.39. The van der Waals surface area contributed by atoms with Gasteiger partial charge < -0.3 is 0 Å². The molecule has 0 amide bonds. The van der Waals surface area contributed by atoms with E-state index in [1.54, 1.807) is 18.2 Å². The molecule has 0 aliphatic carbocycles. The normalized spacial score (nSPS) is 13.5. The number of nitrogens with one attached hydrogen (secondary N) is 1. The van der Waals surface area contributed by atoms with Gasteiger partial charge in [-0.1, -0.05) is 46.6 Å². The summed E-state index contributed by atoms with van der Waals surface area (Å²) < 4.78 is 26.5. The lowest BCUT2D eigenvalue weighted by Gasteiger charge is -2.09. The Labute approximate surface area is 122 Å². The van der Waals surface area contributed by atoms with E-state index in [0.29, 0.717) is 12.5 Å². The standard InChI is InChI=1S/C12H17BrClNO2S/c1-10(9-13)5-4-8-15-18(16,17)12-7-3-2-6-11(12)14/h2-3,6-7,10,15H,4-5,8-9H2,1H3. The fraction of sp³-hybridized carbons (Fsp3) is 0.500. The molecule has 0 heterocycles. The number of halogens is 2. The van der Waals surface area contributed by atoms with Gasteiger partial charge >= 0.3 is 0 Å². The van der Waals surface area contributed by atoms with Gasteiger partial charge in [-0.05, 0) is 30.9 Å². The molecular formula is C12H17BrClNO2S. The van der Waals surface area contributed by atoms with Crippen molar-refractivity contribution in [2.75, 3.05) is 11.9 Å². The maximum atomic E-state index is 12.0. The minimum Gasteiger partial charge on any atom is -0.211 e. The second kappa shape index (κ2) is 7.48. The SMILES string of the molecule is CC(CBr)CCCNS(=O)(=O)c1ccccc1Cl. The van der Waals surface area contributed by atoms with Crippen LogP contribution < -0.4 is 4.72 Å². The van der Waals surface area contributed by atoms with Crippen molar-refractivity contribution in [1.82, 2.24) is 4.72 Å². The first-order valence-electron chi connectivity index (χ1n) is 5.77. The second-order valence-corrected chi connectivity index (χ2v) is 7.02. The maximum Gasteiger partial charge on any atom is 0.242 e. The predicted molar refractivity (Wildman–Crippen MR) is 78.8 cm³/mol. The van der Waals surface area contributed by atoms with Crippen molar-refractivity contribution in [2.45, 2.75) is 24.7 Å². The van der Waals surface area contributed by atoms with Crippen LogP contribution in [0.2, 0.25) is 5.02 Å². The molecule has 0 aromatic heterocycles. The molecule has 1 aromatic carbocycles. The molecule has 0 spiro atoms. The molecule has 3 nitrogen and oxygen atoms in total. The number of rotatable bonds is 7. The molecule has 0 aliphatic rings. The number of hydrogen-bond donors (Lipinski definition) is 1. The van der Waals surface area contributed by atoms with Crippen LogP contribution in [0.15, 0.2) is 29.2 Å². The number of hydrogen-bond acceptors (Lipinski definition) is 2. The Morgan fingerprint density at radius 3 is 2.67 bits per heavy atom. The van der Waals surface area contributed by atoms with Crippen LogP contribution in [0.5, 0.6) is 0 Å². The summed E-state index contributed by atoms with van der Waals surface area (Å²) in [5.74, 6) is 0.551. The van der Waals surface area contributed by atoms with Crippen LogP contribution in [-0.4, -0.2) is 20.3 Å². The summed E-state index contributed by atoms with van der Waals surface area (Å²) in [6, 6.07) is 6.45. The van der Waals surface area contributed by atoms with Crippen LogP contribution in [-0.2, 0) is 10.0 Å². The van der Waals surface area contributed by atoms with Gasteiger partial charge in [0.15, 0.2) is 0 Å². The number of alkyl halides is 1. The molecule has 0 saturated heterocycles. The predicted octanol–water partition coefficient (Wildman–Crippen LogP) is 3.43. The maximum absolute atomic E-state index is 12.0. The molecule has 0 fully saturated rings. The van der Waals surface area contributed by atoms with E-state index in [2.05, 4.69) is 27.6 Å². The van der Waals surface area contributed by atoms with Crippen LogP contribution in [0.25, 0.3) is 0 Å². The molecule has 1 rings (SSSR count). The zero-order chi connectivity index (χ0) is 13.6. The molecule has 1 N–H and O–H groups in total. The average Bonchev–Trinajstić information content (AvgIpc) is 2.34. The Morgan fingerprint density at radius 2 is 2.06 bits per heavy atom. The van der Waals surface area contributed by atoms with E-state index in [0.717, 1.165) is 18.2 Å². The van der Waals surface area contributed by atoms with Crippen molar-refractivity contribution >= 4 is 37.6 Å². The van der Waals surface area contributed by atoms with Crippen LogP contribution in [0.3, 0.4) is 0 Å². The molecule has 0 radical (unpaired) electrons. The van der Waals surface area contributed by atoms with Gasteiger partial charge in [-0.2, -0.15) is 0 Å². The third kappa shape index (κ3) is 4.88. The van der Waals surface area contributed by atoms with E-state index >= 15 is 0 Å². The van der Waals surface area contributed by atoms with Crippen molar-refractivity contribution in [3.63, 3.8) is 0 Å². The highest BCUT2D eigenvalue weighted by Gasteiger charge is 2.16. The first-order chi connectivity index (χ1) is 8.47. The molecule has 1 aromatic rings. The second-order valence-electron chi connectivity index (χ2n) is 4.23. The van der Waals surface area contributed by atoms with Crippen LogP contribution in [0.1, 0.15) is 19.8 Å². The summed E-state index contributed by atoms with van der Waals surface area (Å²) in [4.78, 5) is 0.139. The Kier molecular flexibility index (Phi) is 6.63. The fourth-order valence-electron chi connectivity index (χ4n) is 1.47. The Hall–Kier alpha value is -0.100. The first-order valence-corrected chi connectivity index (χ1v) is 8.76. The zero-order valence-electron chi connectivity index (χ0n) is 10.2. The van der Waals surface area contributed by atoms with E-state index in [-0.39, 0.29) is 9.92 Å². The highest BCUT2D eigenvalue weighted by Crippen LogP contribution is 2.20. The summed E-state index contributed by atoms with van der Waals surface area (Å²) in [6.45, 7) is 2.56. The highest BCUT2D eigenvalue weighted by atomic mass is 79.9. The Balaban J connectivity index is 2.54. The van der Waals surface area contributed by atoms with Gasteiger partial charge in [-0.3, -0.25) is 0 Å². The van der Waals surface area contributed by atoms with E-state index in [1.165, 1.54) is 6.07 Å². The van der Waals surface area contributed by atoms with Crippen molar-refractivity contribution in [1.29, 1.82) is 0 Å². The monoisotopic (exact) mass is 353 g/mol. The summed E-state index contributed by atoms with van der Waals surface area (Å²) in [6.07, 6.45) is 1.80. The lowest BCUT2D eigenvalue weighted by atomic mass is 10.1. The van der Waals surface area contributed by atoms with Crippen LogP contribution in [0, 0.1) is 5.92 Å². The molecule has 0 bridgehead atoms. The van der Waals surface area contributed by atoms with Gasteiger partial charge in [0.2, 0.25) is 10.0 Å². The first kappa shape index (κ1) is 16.0. The van der Waals surface area contributed by atoms with Crippen molar-refractivity contribution in [3.8, 4) is 0 Å². The Morgan fingerprint density at radius 1 is 1.39 bits per heavy atom. The molecule has 1 atom stereocenters. The third-order valence-electron chi connectivity index (χ3n) is 2.56. The van der Waals surface area contributed by atoms with E-state index < -0.39 is 10.0 Å².